The second-order valence-corrected chi connectivity index (χ2v) is 7.79. The van der Waals surface area contributed by atoms with Crippen molar-refractivity contribution in [1.82, 2.24) is 0 Å². The van der Waals surface area contributed by atoms with Gasteiger partial charge in [-0.2, -0.15) is 0 Å². The summed E-state index contributed by atoms with van der Waals surface area (Å²) in [5.74, 6) is 3.85. The molecule has 0 aliphatic heterocycles. The molecule has 2 nitrogen and oxygen atoms in total. The predicted octanol–water partition coefficient (Wildman–Crippen LogP) is 4.48. The molecular formula is C19H24O2. The normalized spacial score (nSPS) is 36.7. The first-order valence-electron chi connectivity index (χ1n) is 8.36. The van der Waals surface area contributed by atoms with Crippen LogP contribution in [0.15, 0.2) is 24.3 Å². The maximum atomic E-state index is 11.5. The van der Waals surface area contributed by atoms with E-state index in [2.05, 4.69) is 0 Å². The minimum Gasteiger partial charge on any atom is -0.493 e. The number of Topliss-reactive ketones (excluding diaryl/α,β-unsaturated/α-hetero) is 1. The second-order valence-electron chi connectivity index (χ2n) is 7.79. The Morgan fingerprint density at radius 1 is 1.14 bits per heavy atom. The van der Waals surface area contributed by atoms with Crippen molar-refractivity contribution in [2.75, 3.05) is 6.61 Å². The van der Waals surface area contributed by atoms with Gasteiger partial charge in [0.1, 0.15) is 5.75 Å². The zero-order chi connectivity index (χ0) is 14.4. The third-order valence-corrected chi connectivity index (χ3v) is 5.95. The molecule has 4 fully saturated rings. The quantitative estimate of drug-likeness (QED) is 0.762. The predicted molar refractivity (Wildman–Crippen MR) is 82.5 cm³/mol. The molecule has 0 unspecified atom stereocenters. The summed E-state index contributed by atoms with van der Waals surface area (Å²) in [7, 11) is 0. The number of ketones is 1. The molecule has 112 valence electrons. The van der Waals surface area contributed by atoms with Gasteiger partial charge >= 0.3 is 0 Å². The van der Waals surface area contributed by atoms with Gasteiger partial charge in [-0.25, -0.2) is 0 Å². The molecule has 5 rings (SSSR count). The molecular weight excluding hydrogens is 260 g/mol. The van der Waals surface area contributed by atoms with E-state index in [1.165, 1.54) is 38.5 Å². The molecule has 0 heterocycles. The molecule has 2 heteroatoms. The van der Waals surface area contributed by atoms with Crippen LogP contribution in [0.1, 0.15) is 55.8 Å². The number of ether oxygens (including phenoxy) is 1. The first-order chi connectivity index (χ1) is 10.1. The molecule has 21 heavy (non-hydrogen) atoms. The summed E-state index contributed by atoms with van der Waals surface area (Å²) in [6, 6.07) is 7.65. The summed E-state index contributed by atoms with van der Waals surface area (Å²) in [6.45, 7) is 2.45. The molecule has 0 radical (unpaired) electrons. The Balaban J connectivity index is 1.47. The molecule has 0 N–H and O–H groups in total. The fraction of sp³-hybridized carbons (Fsp3) is 0.632. The van der Waals surface area contributed by atoms with Gasteiger partial charge in [0, 0.05) is 11.0 Å². The summed E-state index contributed by atoms with van der Waals surface area (Å²) >= 11 is 0. The number of hydrogen-bond acceptors (Lipinski definition) is 2. The third kappa shape index (κ3) is 2.49. The van der Waals surface area contributed by atoms with Gasteiger partial charge in [-0.05, 0) is 75.3 Å². The first-order valence-corrected chi connectivity index (χ1v) is 8.36. The average Bonchev–Trinajstić information content (AvgIpc) is 2.44. The van der Waals surface area contributed by atoms with Gasteiger partial charge < -0.3 is 4.74 Å². The Kier molecular flexibility index (Phi) is 3.09. The molecule has 1 aromatic carbocycles. The largest absolute Gasteiger partial charge is 0.493 e. The lowest BCUT2D eigenvalue weighted by molar-refractivity contribution is -0.0745. The van der Waals surface area contributed by atoms with E-state index >= 15 is 0 Å². The monoisotopic (exact) mass is 284 g/mol. The van der Waals surface area contributed by atoms with Crippen LogP contribution in [0.4, 0.5) is 0 Å². The van der Waals surface area contributed by atoms with E-state index in [-0.39, 0.29) is 5.78 Å². The zero-order valence-electron chi connectivity index (χ0n) is 12.8. The summed E-state index contributed by atoms with van der Waals surface area (Å²) in [4.78, 5) is 11.5. The number of carbonyl (C=O) groups excluding carboxylic acids is 1. The van der Waals surface area contributed by atoms with Crippen molar-refractivity contribution >= 4 is 5.78 Å². The van der Waals surface area contributed by atoms with Crippen molar-refractivity contribution in [3.05, 3.63) is 29.8 Å². The first kappa shape index (κ1) is 13.4. The Morgan fingerprint density at radius 3 is 2.33 bits per heavy atom. The minimum atomic E-state index is 0.107. The van der Waals surface area contributed by atoms with E-state index in [4.69, 9.17) is 4.74 Å². The number of hydrogen-bond donors (Lipinski definition) is 0. The molecule has 0 spiro atoms. The van der Waals surface area contributed by atoms with Crippen LogP contribution in [-0.2, 0) is 0 Å². The van der Waals surface area contributed by atoms with Crippen LogP contribution in [0.5, 0.6) is 5.75 Å². The lowest BCUT2D eigenvalue weighted by atomic mass is 9.50. The van der Waals surface area contributed by atoms with Crippen LogP contribution in [0.2, 0.25) is 0 Å². The molecule has 0 aromatic heterocycles. The van der Waals surface area contributed by atoms with Crippen molar-refractivity contribution in [3.63, 3.8) is 0 Å². The van der Waals surface area contributed by atoms with Crippen LogP contribution < -0.4 is 4.74 Å². The van der Waals surface area contributed by atoms with E-state index in [0.717, 1.165) is 35.7 Å². The van der Waals surface area contributed by atoms with Crippen molar-refractivity contribution in [1.29, 1.82) is 0 Å². The van der Waals surface area contributed by atoms with Crippen LogP contribution in [0, 0.1) is 23.2 Å². The van der Waals surface area contributed by atoms with Crippen LogP contribution in [0.3, 0.4) is 0 Å². The minimum absolute atomic E-state index is 0.107. The van der Waals surface area contributed by atoms with E-state index in [1.807, 2.05) is 24.3 Å². The maximum absolute atomic E-state index is 11.5. The Labute approximate surface area is 126 Å². The summed E-state index contributed by atoms with van der Waals surface area (Å²) in [5, 5.41) is 0. The van der Waals surface area contributed by atoms with E-state index in [9.17, 15) is 4.79 Å². The molecule has 4 bridgehead atoms. The Bertz CT molecular complexity index is 525. The van der Waals surface area contributed by atoms with Crippen molar-refractivity contribution in [3.8, 4) is 5.75 Å². The second kappa shape index (κ2) is 4.86. The zero-order valence-corrected chi connectivity index (χ0v) is 12.8. The average molecular weight is 284 g/mol. The van der Waals surface area contributed by atoms with Crippen molar-refractivity contribution in [2.45, 2.75) is 45.4 Å². The number of carbonyl (C=O) groups is 1. The standard InChI is InChI=1S/C19H24O2/c1-13(20)17-3-2-4-18(8-17)21-12-19-9-14-5-15(10-19)7-16(6-14)11-19/h2-4,8,14-16H,5-7,9-12H2,1H3. The molecule has 0 atom stereocenters. The molecule has 0 saturated heterocycles. The van der Waals surface area contributed by atoms with Gasteiger partial charge in [-0.3, -0.25) is 4.79 Å². The topological polar surface area (TPSA) is 26.3 Å². The highest BCUT2D eigenvalue weighted by Crippen LogP contribution is 2.60. The highest BCUT2D eigenvalue weighted by molar-refractivity contribution is 5.94. The summed E-state index contributed by atoms with van der Waals surface area (Å²) < 4.78 is 6.13. The molecule has 4 aliphatic rings. The van der Waals surface area contributed by atoms with Gasteiger partial charge in [0.15, 0.2) is 5.78 Å². The molecule has 4 saturated carbocycles. The molecule has 0 amide bonds. The highest BCUT2D eigenvalue weighted by Gasteiger charge is 2.51. The van der Waals surface area contributed by atoms with Crippen molar-refractivity contribution in [2.24, 2.45) is 23.2 Å². The van der Waals surface area contributed by atoms with E-state index < -0.39 is 0 Å². The van der Waals surface area contributed by atoms with Crippen LogP contribution in [0.25, 0.3) is 0 Å². The smallest absolute Gasteiger partial charge is 0.159 e. The van der Waals surface area contributed by atoms with E-state index in [0.29, 0.717) is 5.41 Å². The lowest BCUT2D eigenvalue weighted by Gasteiger charge is -2.56. The van der Waals surface area contributed by atoms with Crippen LogP contribution >= 0.6 is 0 Å². The number of rotatable bonds is 4. The Hall–Kier alpha value is -1.31. The summed E-state index contributed by atoms with van der Waals surface area (Å²) in [6.07, 6.45) is 8.51. The Morgan fingerprint density at radius 2 is 1.76 bits per heavy atom. The molecule has 1 aromatic rings. The van der Waals surface area contributed by atoms with Gasteiger partial charge in [0.05, 0.1) is 6.61 Å². The lowest BCUT2D eigenvalue weighted by Crippen LogP contribution is -2.48. The van der Waals surface area contributed by atoms with Gasteiger partial charge in [0.25, 0.3) is 0 Å². The van der Waals surface area contributed by atoms with Gasteiger partial charge in [-0.15, -0.1) is 0 Å². The third-order valence-electron chi connectivity index (χ3n) is 5.95. The van der Waals surface area contributed by atoms with Crippen LogP contribution in [-0.4, -0.2) is 12.4 Å². The van der Waals surface area contributed by atoms with Gasteiger partial charge in [-0.1, -0.05) is 12.1 Å². The summed E-state index contributed by atoms with van der Waals surface area (Å²) in [5.41, 5.74) is 1.18. The fourth-order valence-corrected chi connectivity index (χ4v) is 5.51. The fourth-order valence-electron chi connectivity index (χ4n) is 5.51. The molecule has 4 aliphatic carbocycles. The number of benzene rings is 1. The van der Waals surface area contributed by atoms with Gasteiger partial charge in [0.2, 0.25) is 0 Å². The van der Waals surface area contributed by atoms with E-state index in [1.54, 1.807) is 6.92 Å². The maximum Gasteiger partial charge on any atom is 0.159 e. The van der Waals surface area contributed by atoms with Crippen molar-refractivity contribution < 1.29 is 9.53 Å². The SMILES string of the molecule is CC(=O)c1cccc(OCC23CC4CC(CC(C4)C2)C3)c1. The highest BCUT2D eigenvalue weighted by atomic mass is 16.5.